The van der Waals surface area contributed by atoms with Gasteiger partial charge in [-0.15, -0.1) is 0 Å². The van der Waals surface area contributed by atoms with Crippen molar-refractivity contribution in [3.8, 4) is 17.0 Å². The van der Waals surface area contributed by atoms with Crippen LogP contribution in [-0.2, 0) is 10.2 Å². The molecule has 1 fully saturated rings. The molecule has 0 aliphatic carbocycles. The number of benzene rings is 1. The lowest BCUT2D eigenvalue weighted by Gasteiger charge is -2.30. The maximum Gasteiger partial charge on any atom is 0.272 e. The van der Waals surface area contributed by atoms with Crippen LogP contribution in [0, 0.1) is 5.92 Å². The van der Waals surface area contributed by atoms with Crippen LogP contribution in [0.15, 0.2) is 36.4 Å². The summed E-state index contributed by atoms with van der Waals surface area (Å²) in [5, 5.41) is 4.72. The van der Waals surface area contributed by atoms with Crippen LogP contribution in [0.1, 0.15) is 49.8 Å². The summed E-state index contributed by atoms with van der Waals surface area (Å²) in [5.74, 6) is 0.106. The summed E-state index contributed by atoms with van der Waals surface area (Å²) in [7, 11) is 1.62. The van der Waals surface area contributed by atoms with Gasteiger partial charge < -0.3 is 15.4 Å². The molecule has 1 aliphatic heterocycles. The number of rotatable bonds is 4. The standard InChI is InChI=1S/C24H29N5O3/c1-24(2,3)20-14-21-26-18(16-6-5-7-17(12-16)32-4)13-19(29(21)27-20)23(31)28-10-8-15(9-11-28)22(25)30/h5-7,12-15H,8-11H2,1-4H3,(H2,25,30). The van der Waals surface area contributed by atoms with Crippen LogP contribution >= 0.6 is 0 Å². The van der Waals surface area contributed by atoms with Gasteiger partial charge >= 0.3 is 0 Å². The highest BCUT2D eigenvalue weighted by molar-refractivity contribution is 5.94. The van der Waals surface area contributed by atoms with Crippen LogP contribution < -0.4 is 10.5 Å². The molecule has 2 aromatic heterocycles. The third-order valence-electron chi connectivity index (χ3n) is 5.96. The normalized spacial score (nSPS) is 15.2. The summed E-state index contributed by atoms with van der Waals surface area (Å²) < 4.78 is 6.99. The SMILES string of the molecule is COc1cccc(-c2cc(C(=O)N3CCC(C(N)=O)CC3)n3nc(C(C)(C)C)cc3n2)c1. The van der Waals surface area contributed by atoms with Gasteiger partial charge in [-0.05, 0) is 31.0 Å². The number of ether oxygens (including phenoxy) is 1. The van der Waals surface area contributed by atoms with E-state index in [4.69, 9.17) is 20.6 Å². The van der Waals surface area contributed by atoms with Gasteiger partial charge in [0, 0.05) is 36.1 Å². The number of amides is 2. The summed E-state index contributed by atoms with van der Waals surface area (Å²) in [5.41, 5.74) is 8.70. The van der Waals surface area contributed by atoms with E-state index < -0.39 is 0 Å². The fraction of sp³-hybridized carbons (Fsp3) is 0.417. The third-order valence-corrected chi connectivity index (χ3v) is 5.96. The Morgan fingerprint density at radius 1 is 1.12 bits per heavy atom. The molecule has 2 N–H and O–H groups in total. The molecule has 0 saturated carbocycles. The first-order valence-electron chi connectivity index (χ1n) is 10.8. The minimum Gasteiger partial charge on any atom is -0.497 e. The molecule has 8 nitrogen and oxygen atoms in total. The number of carbonyl (C=O) groups excluding carboxylic acids is 2. The molecule has 3 aromatic rings. The zero-order chi connectivity index (χ0) is 23.0. The van der Waals surface area contributed by atoms with Crippen molar-refractivity contribution >= 4 is 17.5 Å². The largest absolute Gasteiger partial charge is 0.497 e. The smallest absolute Gasteiger partial charge is 0.272 e. The Morgan fingerprint density at radius 2 is 1.84 bits per heavy atom. The van der Waals surface area contributed by atoms with Crippen molar-refractivity contribution in [2.24, 2.45) is 11.7 Å². The number of methoxy groups -OCH3 is 1. The monoisotopic (exact) mass is 435 g/mol. The Hall–Kier alpha value is -3.42. The van der Waals surface area contributed by atoms with Gasteiger partial charge in [-0.25, -0.2) is 9.50 Å². The van der Waals surface area contributed by atoms with Crippen LogP contribution in [0.3, 0.4) is 0 Å². The maximum atomic E-state index is 13.6. The van der Waals surface area contributed by atoms with Crippen LogP contribution in [0.2, 0.25) is 0 Å². The molecule has 4 rings (SSSR count). The van der Waals surface area contributed by atoms with E-state index in [0.29, 0.717) is 43.0 Å². The topological polar surface area (TPSA) is 103 Å². The van der Waals surface area contributed by atoms with E-state index in [2.05, 4.69) is 20.8 Å². The van der Waals surface area contributed by atoms with Crippen LogP contribution in [0.4, 0.5) is 0 Å². The van der Waals surface area contributed by atoms with E-state index in [-0.39, 0.29) is 23.1 Å². The number of likely N-dealkylation sites (tertiary alicyclic amines) is 1. The fourth-order valence-electron chi connectivity index (χ4n) is 3.95. The highest BCUT2D eigenvalue weighted by Gasteiger charge is 2.29. The second-order valence-electron chi connectivity index (χ2n) is 9.28. The number of hydrogen-bond donors (Lipinski definition) is 1. The van der Waals surface area contributed by atoms with Crippen molar-refractivity contribution in [1.82, 2.24) is 19.5 Å². The molecule has 3 heterocycles. The molecule has 32 heavy (non-hydrogen) atoms. The minimum absolute atomic E-state index is 0.131. The lowest BCUT2D eigenvalue weighted by molar-refractivity contribution is -0.123. The second kappa shape index (κ2) is 8.26. The van der Waals surface area contributed by atoms with E-state index in [0.717, 1.165) is 17.0 Å². The molecule has 1 aliphatic rings. The Morgan fingerprint density at radius 3 is 2.47 bits per heavy atom. The zero-order valence-electron chi connectivity index (χ0n) is 19.0. The van der Waals surface area contributed by atoms with E-state index >= 15 is 0 Å². The number of nitrogens with two attached hydrogens (primary N) is 1. The number of fused-ring (bicyclic) bond motifs is 1. The molecule has 1 aromatic carbocycles. The molecule has 0 radical (unpaired) electrons. The van der Waals surface area contributed by atoms with Gasteiger partial charge in [-0.1, -0.05) is 32.9 Å². The van der Waals surface area contributed by atoms with Crippen molar-refractivity contribution in [1.29, 1.82) is 0 Å². The number of hydrogen-bond acceptors (Lipinski definition) is 5. The van der Waals surface area contributed by atoms with Gasteiger partial charge in [0.25, 0.3) is 5.91 Å². The summed E-state index contributed by atoms with van der Waals surface area (Å²) in [6.45, 7) is 7.20. The highest BCUT2D eigenvalue weighted by Crippen LogP contribution is 2.28. The van der Waals surface area contributed by atoms with Crippen molar-refractivity contribution in [3.63, 3.8) is 0 Å². The lowest BCUT2D eigenvalue weighted by Crippen LogP contribution is -2.42. The molecular weight excluding hydrogens is 406 g/mol. The highest BCUT2D eigenvalue weighted by atomic mass is 16.5. The van der Waals surface area contributed by atoms with E-state index in [9.17, 15) is 9.59 Å². The summed E-state index contributed by atoms with van der Waals surface area (Å²) >= 11 is 0. The van der Waals surface area contributed by atoms with E-state index in [1.165, 1.54) is 0 Å². The van der Waals surface area contributed by atoms with Crippen LogP contribution in [0.25, 0.3) is 16.9 Å². The number of primary amides is 1. The first kappa shape index (κ1) is 21.8. The average molecular weight is 436 g/mol. The maximum absolute atomic E-state index is 13.6. The number of piperidine rings is 1. The molecule has 0 atom stereocenters. The van der Waals surface area contributed by atoms with Crippen molar-refractivity contribution in [2.75, 3.05) is 20.2 Å². The van der Waals surface area contributed by atoms with Gasteiger partial charge in [-0.2, -0.15) is 5.10 Å². The molecule has 0 spiro atoms. The Bertz CT molecular complexity index is 1170. The Kier molecular flexibility index (Phi) is 5.62. The predicted octanol–water partition coefficient (Wildman–Crippen LogP) is 3.04. The second-order valence-corrected chi connectivity index (χ2v) is 9.28. The van der Waals surface area contributed by atoms with Gasteiger partial charge in [0.2, 0.25) is 5.91 Å². The predicted molar refractivity (Wildman–Crippen MR) is 121 cm³/mol. The molecule has 0 bridgehead atoms. The minimum atomic E-state index is -0.300. The molecule has 8 heteroatoms. The summed E-state index contributed by atoms with van der Waals surface area (Å²) in [4.78, 5) is 31.6. The summed E-state index contributed by atoms with van der Waals surface area (Å²) in [6.07, 6.45) is 1.15. The third kappa shape index (κ3) is 4.17. The number of aromatic nitrogens is 3. The number of carbonyl (C=O) groups is 2. The van der Waals surface area contributed by atoms with Crippen molar-refractivity contribution in [2.45, 2.75) is 39.0 Å². The van der Waals surface area contributed by atoms with Gasteiger partial charge in [0.05, 0.1) is 18.5 Å². The van der Waals surface area contributed by atoms with Crippen LogP contribution in [0.5, 0.6) is 5.75 Å². The summed E-state index contributed by atoms with van der Waals surface area (Å²) in [6, 6.07) is 11.3. The molecule has 168 valence electrons. The Balaban J connectivity index is 1.79. The molecule has 1 saturated heterocycles. The fourth-order valence-corrected chi connectivity index (χ4v) is 3.95. The zero-order valence-corrected chi connectivity index (χ0v) is 19.0. The van der Waals surface area contributed by atoms with Crippen molar-refractivity contribution in [3.05, 3.63) is 47.8 Å². The van der Waals surface area contributed by atoms with Gasteiger partial charge in [0.15, 0.2) is 5.65 Å². The van der Waals surface area contributed by atoms with Gasteiger partial charge in [0.1, 0.15) is 11.4 Å². The van der Waals surface area contributed by atoms with Crippen LogP contribution in [-0.4, -0.2) is 51.5 Å². The van der Waals surface area contributed by atoms with E-state index in [1.54, 1.807) is 22.6 Å². The lowest BCUT2D eigenvalue weighted by atomic mass is 9.93. The quantitative estimate of drug-likeness (QED) is 0.679. The first-order chi connectivity index (χ1) is 15.2. The molecular formula is C24H29N5O3. The Labute approximate surface area is 187 Å². The van der Waals surface area contributed by atoms with Crippen molar-refractivity contribution < 1.29 is 14.3 Å². The molecule has 0 unspecified atom stereocenters. The first-order valence-corrected chi connectivity index (χ1v) is 10.8. The van der Waals surface area contributed by atoms with E-state index in [1.807, 2.05) is 30.3 Å². The van der Waals surface area contributed by atoms with Gasteiger partial charge in [-0.3, -0.25) is 9.59 Å². The average Bonchev–Trinajstić information content (AvgIpc) is 3.23. The molecule has 2 amide bonds. The number of nitrogens with zero attached hydrogens (tertiary/aromatic N) is 4.